The van der Waals surface area contributed by atoms with Crippen LogP contribution in [-0.4, -0.2) is 54.1 Å². The van der Waals surface area contributed by atoms with E-state index in [0.717, 1.165) is 12.1 Å². The van der Waals surface area contributed by atoms with E-state index in [2.05, 4.69) is 24.1 Å². The van der Waals surface area contributed by atoms with Crippen LogP contribution in [0.4, 0.5) is 5.69 Å². The van der Waals surface area contributed by atoms with Gasteiger partial charge in [-0.1, -0.05) is 13.8 Å². The summed E-state index contributed by atoms with van der Waals surface area (Å²) in [4.78, 5) is 16.3. The molecule has 26 heavy (non-hydrogen) atoms. The lowest BCUT2D eigenvalue weighted by Crippen LogP contribution is -2.52. The third-order valence-electron chi connectivity index (χ3n) is 5.26. The van der Waals surface area contributed by atoms with Gasteiger partial charge in [0.05, 0.1) is 0 Å². The molecule has 144 valence electrons. The van der Waals surface area contributed by atoms with E-state index in [0.29, 0.717) is 50.9 Å². The molecule has 1 aromatic heterocycles. The van der Waals surface area contributed by atoms with Crippen molar-refractivity contribution in [2.24, 2.45) is 17.8 Å². The fraction of sp³-hybridized carbons (Fsp3) is 0.667. The van der Waals surface area contributed by atoms with E-state index in [9.17, 15) is 13.2 Å². The molecular weight excluding hydrogens is 352 g/mol. The van der Waals surface area contributed by atoms with Crippen LogP contribution in [0.3, 0.4) is 0 Å². The third kappa shape index (κ3) is 4.42. The van der Waals surface area contributed by atoms with E-state index in [4.69, 9.17) is 0 Å². The number of amides is 1. The van der Waals surface area contributed by atoms with Crippen molar-refractivity contribution in [3.05, 3.63) is 24.5 Å². The number of pyridine rings is 1. The summed E-state index contributed by atoms with van der Waals surface area (Å²) in [6.45, 7) is 6.19. The minimum absolute atomic E-state index is 0.0477. The van der Waals surface area contributed by atoms with Gasteiger partial charge in [0.15, 0.2) is 0 Å². The molecule has 0 aliphatic carbocycles. The van der Waals surface area contributed by atoms with E-state index < -0.39 is 10.2 Å². The lowest BCUT2D eigenvalue weighted by molar-refractivity contribution is -0.120. The van der Waals surface area contributed by atoms with Crippen LogP contribution in [0.2, 0.25) is 0 Å². The highest BCUT2D eigenvalue weighted by Crippen LogP contribution is 2.27. The first kappa shape index (κ1) is 19.3. The molecular formula is C18H28N4O3S. The molecule has 0 radical (unpaired) electrons. The molecule has 2 saturated heterocycles. The molecule has 2 atom stereocenters. The fourth-order valence-electron chi connectivity index (χ4n) is 3.99. The van der Waals surface area contributed by atoms with Gasteiger partial charge in [0, 0.05) is 50.2 Å². The lowest BCUT2D eigenvalue weighted by atomic mass is 9.94. The molecule has 1 aromatic rings. The van der Waals surface area contributed by atoms with Gasteiger partial charge in [0.1, 0.15) is 0 Å². The Kier molecular flexibility index (Phi) is 5.94. The van der Waals surface area contributed by atoms with Crippen molar-refractivity contribution in [3.8, 4) is 0 Å². The van der Waals surface area contributed by atoms with Gasteiger partial charge in [-0.15, -0.1) is 0 Å². The SMILES string of the molecule is CC1CC(C)CN(S(=O)(=O)N2CCC(C(=O)Nc3ccncc3)CC2)C1. The highest BCUT2D eigenvalue weighted by Gasteiger charge is 2.37. The monoisotopic (exact) mass is 380 g/mol. The molecule has 0 aromatic carbocycles. The molecule has 8 heteroatoms. The Balaban J connectivity index is 1.56. The van der Waals surface area contributed by atoms with Crippen molar-refractivity contribution in [3.63, 3.8) is 0 Å². The van der Waals surface area contributed by atoms with E-state index >= 15 is 0 Å². The Morgan fingerprint density at radius 2 is 1.65 bits per heavy atom. The number of carbonyl (C=O) groups is 1. The summed E-state index contributed by atoms with van der Waals surface area (Å²) in [5.41, 5.74) is 0.719. The van der Waals surface area contributed by atoms with Crippen molar-refractivity contribution >= 4 is 21.8 Å². The highest BCUT2D eigenvalue weighted by atomic mass is 32.2. The van der Waals surface area contributed by atoms with Crippen molar-refractivity contribution in [1.82, 2.24) is 13.6 Å². The van der Waals surface area contributed by atoms with E-state index in [-0.39, 0.29) is 11.8 Å². The average Bonchev–Trinajstić information content (AvgIpc) is 2.62. The number of aromatic nitrogens is 1. The number of anilines is 1. The van der Waals surface area contributed by atoms with Crippen molar-refractivity contribution < 1.29 is 13.2 Å². The van der Waals surface area contributed by atoms with Gasteiger partial charge in [-0.2, -0.15) is 17.0 Å². The largest absolute Gasteiger partial charge is 0.326 e. The maximum Gasteiger partial charge on any atom is 0.281 e. The summed E-state index contributed by atoms with van der Waals surface area (Å²) >= 11 is 0. The van der Waals surface area contributed by atoms with Crippen LogP contribution in [0.1, 0.15) is 33.1 Å². The minimum Gasteiger partial charge on any atom is -0.326 e. The standard InChI is InChI=1S/C18H28N4O3S/c1-14-11-15(2)13-22(12-14)26(24,25)21-9-5-16(6-10-21)18(23)20-17-3-7-19-8-4-17/h3-4,7-8,14-16H,5-6,9-13H2,1-2H3,(H,19,20,23). The molecule has 1 N–H and O–H groups in total. The zero-order valence-electron chi connectivity index (χ0n) is 15.5. The molecule has 1 amide bonds. The topological polar surface area (TPSA) is 82.6 Å². The zero-order valence-corrected chi connectivity index (χ0v) is 16.3. The molecule has 3 heterocycles. The first-order chi connectivity index (χ1) is 12.4. The Morgan fingerprint density at radius 3 is 2.23 bits per heavy atom. The molecule has 7 nitrogen and oxygen atoms in total. The molecule has 2 fully saturated rings. The summed E-state index contributed by atoms with van der Waals surface area (Å²) < 4.78 is 29.1. The smallest absolute Gasteiger partial charge is 0.281 e. The summed E-state index contributed by atoms with van der Waals surface area (Å²) in [5.74, 6) is 0.566. The first-order valence-corrected chi connectivity index (χ1v) is 10.7. The van der Waals surface area contributed by atoms with E-state index in [1.54, 1.807) is 33.1 Å². The maximum absolute atomic E-state index is 12.9. The number of carbonyl (C=O) groups excluding carboxylic acids is 1. The quantitative estimate of drug-likeness (QED) is 0.866. The summed E-state index contributed by atoms with van der Waals surface area (Å²) in [5, 5.41) is 2.88. The zero-order chi connectivity index (χ0) is 18.7. The van der Waals surface area contributed by atoms with E-state index in [1.165, 1.54) is 0 Å². The van der Waals surface area contributed by atoms with Crippen LogP contribution in [0.5, 0.6) is 0 Å². The second-order valence-electron chi connectivity index (χ2n) is 7.67. The van der Waals surface area contributed by atoms with Gasteiger partial charge < -0.3 is 5.32 Å². The molecule has 0 bridgehead atoms. The number of hydrogen-bond acceptors (Lipinski definition) is 4. The molecule has 2 aliphatic heterocycles. The Bertz CT molecular complexity index is 707. The molecule has 2 aliphatic rings. The van der Waals surface area contributed by atoms with Gasteiger partial charge >= 0.3 is 0 Å². The predicted molar refractivity (Wildman–Crippen MR) is 101 cm³/mol. The van der Waals surface area contributed by atoms with Crippen molar-refractivity contribution in [2.75, 3.05) is 31.5 Å². The Morgan fingerprint density at radius 1 is 1.08 bits per heavy atom. The molecule has 0 spiro atoms. The lowest BCUT2D eigenvalue weighted by Gasteiger charge is -2.39. The van der Waals surface area contributed by atoms with Crippen LogP contribution in [-0.2, 0) is 15.0 Å². The number of piperidine rings is 2. The number of nitrogens with zero attached hydrogens (tertiary/aromatic N) is 3. The molecule has 3 rings (SSSR count). The van der Waals surface area contributed by atoms with Crippen LogP contribution in [0.25, 0.3) is 0 Å². The molecule has 0 saturated carbocycles. The van der Waals surface area contributed by atoms with Crippen LogP contribution >= 0.6 is 0 Å². The Labute approximate surface area is 156 Å². The summed E-state index contributed by atoms with van der Waals surface area (Å²) in [6.07, 6.45) is 5.43. The van der Waals surface area contributed by atoms with Crippen LogP contribution in [0.15, 0.2) is 24.5 Å². The van der Waals surface area contributed by atoms with Crippen molar-refractivity contribution in [1.29, 1.82) is 0 Å². The normalized spacial score (nSPS) is 26.5. The van der Waals surface area contributed by atoms with Gasteiger partial charge in [-0.25, -0.2) is 0 Å². The molecule has 2 unspecified atom stereocenters. The third-order valence-corrected chi connectivity index (χ3v) is 7.23. The number of hydrogen-bond donors (Lipinski definition) is 1. The maximum atomic E-state index is 12.9. The van der Waals surface area contributed by atoms with Gasteiger partial charge in [0.2, 0.25) is 5.91 Å². The minimum atomic E-state index is -3.43. The van der Waals surface area contributed by atoms with Crippen LogP contribution < -0.4 is 5.32 Å². The second kappa shape index (κ2) is 8.02. The van der Waals surface area contributed by atoms with Gasteiger partial charge in [0.25, 0.3) is 10.2 Å². The predicted octanol–water partition coefficient (Wildman–Crippen LogP) is 1.95. The van der Waals surface area contributed by atoms with Gasteiger partial charge in [-0.05, 0) is 43.2 Å². The Hall–Kier alpha value is -1.51. The van der Waals surface area contributed by atoms with Crippen molar-refractivity contribution in [2.45, 2.75) is 33.1 Å². The number of rotatable bonds is 4. The van der Waals surface area contributed by atoms with Gasteiger partial charge in [-0.3, -0.25) is 9.78 Å². The van der Waals surface area contributed by atoms with E-state index in [1.807, 2.05) is 0 Å². The number of nitrogens with one attached hydrogen (secondary N) is 1. The second-order valence-corrected chi connectivity index (χ2v) is 9.60. The van der Waals surface area contributed by atoms with Crippen LogP contribution in [0, 0.1) is 17.8 Å². The average molecular weight is 381 g/mol. The highest BCUT2D eigenvalue weighted by molar-refractivity contribution is 7.86. The fourth-order valence-corrected chi connectivity index (χ4v) is 5.87. The first-order valence-electron chi connectivity index (χ1n) is 9.32. The summed E-state index contributed by atoms with van der Waals surface area (Å²) in [7, 11) is -3.43. The summed E-state index contributed by atoms with van der Waals surface area (Å²) in [6, 6.07) is 3.49.